The molecule has 0 radical (unpaired) electrons. The Morgan fingerprint density at radius 3 is 2.76 bits per heavy atom. The average Bonchev–Trinajstić information content (AvgIpc) is 2.52. The molecule has 0 aliphatic carbocycles. The zero-order valence-corrected chi connectivity index (χ0v) is 11.4. The van der Waals surface area contributed by atoms with Crippen molar-refractivity contribution in [3.05, 3.63) is 0 Å². The third-order valence-corrected chi connectivity index (χ3v) is 5.89. The summed E-state index contributed by atoms with van der Waals surface area (Å²) in [7, 11) is -1.63. The fraction of sp³-hybridized carbons (Fsp3) is 1.00. The molecule has 2 rings (SSSR count). The van der Waals surface area contributed by atoms with Gasteiger partial charge in [-0.25, -0.2) is 8.42 Å². The highest BCUT2D eigenvalue weighted by atomic mass is 32.2. The molecule has 100 valence electrons. The molecule has 2 saturated heterocycles. The van der Waals surface area contributed by atoms with Crippen LogP contribution in [0.4, 0.5) is 0 Å². The van der Waals surface area contributed by atoms with Crippen LogP contribution in [0.3, 0.4) is 0 Å². The lowest BCUT2D eigenvalue weighted by Gasteiger charge is -2.27. The second-order valence-electron chi connectivity index (χ2n) is 5.03. The van der Waals surface area contributed by atoms with Crippen molar-refractivity contribution in [2.75, 3.05) is 26.0 Å². The third-order valence-electron chi connectivity index (χ3n) is 3.76. The van der Waals surface area contributed by atoms with Crippen LogP contribution in [-0.4, -0.2) is 56.9 Å². The van der Waals surface area contributed by atoms with Gasteiger partial charge in [0, 0.05) is 25.7 Å². The first kappa shape index (κ1) is 13.3. The van der Waals surface area contributed by atoms with Crippen LogP contribution in [0.1, 0.15) is 26.2 Å². The highest BCUT2D eigenvalue weighted by Gasteiger charge is 2.42. The number of hydrogen-bond donors (Lipinski definition) is 1. The summed E-state index contributed by atoms with van der Waals surface area (Å²) in [6, 6.07) is 0.348. The Hall–Kier alpha value is -0.170. The topological polar surface area (TPSA) is 58.6 Å². The molecule has 17 heavy (non-hydrogen) atoms. The molecule has 5 nitrogen and oxygen atoms in total. The zero-order valence-electron chi connectivity index (χ0n) is 10.6. The molecule has 0 amide bonds. The number of ether oxygens (including phenoxy) is 1. The number of hydrogen-bond acceptors (Lipinski definition) is 4. The number of nitrogens with zero attached hydrogens (tertiary/aromatic N) is 1. The minimum Gasteiger partial charge on any atom is -0.381 e. The maximum Gasteiger partial charge on any atom is 0.217 e. The van der Waals surface area contributed by atoms with Crippen LogP contribution in [0.25, 0.3) is 0 Å². The van der Waals surface area contributed by atoms with Crippen molar-refractivity contribution in [1.29, 1.82) is 0 Å². The summed E-state index contributed by atoms with van der Waals surface area (Å²) in [5.41, 5.74) is 0. The van der Waals surface area contributed by atoms with Crippen LogP contribution in [-0.2, 0) is 14.8 Å². The monoisotopic (exact) mass is 262 g/mol. The van der Waals surface area contributed by atoms with E-state index in [1.807, 2.05) is 0 Å². The van der Waals surface area contributed by atoms with E-state index < -0.39 is 10.0 Å². The minimum absolute atomic E-state index is 0.0938. The Morgan fingerprint density at radius 2 is 2.06 bits per heavy atom. The quantitative estimate of drug-likeness (QED) is 0.785. The van der Waals surface area contributed by atoms with E-state index in [4.69, 9.17) is 4.74 Å². The first-order valence-electron chi connectivity index (χ1n) is 6.29. The van der Waals surface area contributed by atoms with Crippen LogP contribution in [0.2, 0.25) is 0 Å². The lowest BCUT2D eigenvalue weighted by Crippen LogP contribution is -2.45. The van der Waals surface area contributed by atoms with E-state index in [-0.39, 0.29) is 23.9 Å². The second kappa shape index (κ2) is 5.22. The molecule has 2 aliphatic heterocycles. The van der Waals surface area contributed by atoms with Gasteiger partial charge in [0.2, 0.25) is 10.0 Å². The maximum atomic E-state index is 12.4. The van der Waals surface area contributed by atoms with Gasteiger partial charge in [0.15, 0.2) is 0 Å². The number of rotatable bonds is 4. The largest absolute Gasteiger partial charge is 0.381 e. The van der Waals surface area contributed by atoms with Crippen LogP contribution in [0.5, 0.6) is 0 Å². The Balaban J connectivity index is 2.14. The van der Waals surface area contributed by atoms with Crippen molar-refractivity contribution < 1.29 is 13.2 Å². The van der Waals surface area contributed by atoms with Crippen molar-refractivity contribution in [1.82, 2.24) is 9.62 Å². The van der Waals surface area contributed by atoms with Gasteiger partial charge in [0.25, 0.3) is 0 Å². The molecule has 0 aromatic carbocycles. The van der Waals surface area contributed by atoms with Gasteiger partial charge in [0.1, 0.15) is 0 Å². The molecule has 0 aromatic rings. The standard InChI is InChI=1S/C11H22N2O3S/c1-9(16-2)8-17(14,15)13-10-3-4-11(13)7-12-6-5-10/h9-12H,3-8H2,1-2H3. The van der Waals surface area contributed by atoms with Crippen molar-refractivity contribution in [2.24, 2.45) is 0 Å². The normalized spacial score (nSPS) is 32.4. The highest BCUT2D eigenvalue weighted by Crippen LogP contribution is 2.31. The molecule has 6 heteroatoms. The Kier molecular flexibility index (Phi) is 4.07. The molecular weight excluding hydrogens is 240 g/mol. The summed E-state index contributed by atoms with van der Waals surface area (Å²) in [4.78, 5) is 0. The molecule has 3 atom stereocenters. The average molecular weight is 262 g/mol. The van der Waals surface area contributed by atoms with Gasteiger partial charge >= 0.3 is 0 Å². The van der Waals surface area contributed by atoms with Crippen LogP contribution in [0.15, 0.2) is 0 Å². The highest BCUT2D eigenvalue weighted by molar-refractivity contribution is 7.89. The number of fused-ring (bicyclic) bond motifs is 2. The number of nitrogens with one attached hydrogen (secondary N) is 1. The van der Waals surface area contributed by atoms with Gasteiger partial charge in [-0.05, 0) is 32.7 Å². The van der Waals surface area contributed by atoms with E-state index in [9.17, 15) is 8.42 Å². The minimum atomic E-state index is -3.19. The first-order chi connectivity index (χ1) is 8.04. The van der Waals surface area contributed by atoms with Crippen LogP contribution < -0.4 is 5.32 Å². The van der Waals surface area contributed by atoms with Crippen LogP contribution >= 0.6 is 0 Å². The fourth-order valence-electron chi connectivity index (χ4n) is 2.84. The molecular formula is C11H22N2O3S. The molecule has 1 N–H and O–H groups in total. The van der Waals surface area contributed by atoms with Gasteiger partial charge in [-0.1, -0.05) is 0 Å². The molecule has 2 heterocycles. The molecule has 0 aromatic heterocycles. The van der Waals surface area contributed by atoms with E-state index in [0.717, 1.165) is 32.4 Å². The molecule has 3 unspecified atom stereocenters. The summed E-state index contributed by atoms with van der Waals surface area (Å²) >= 11 is 0. The molecule has 0 saturated carbocycles. The lowest BCUT2D eigenvalue weighted by atomic mass is 10.1. The van der Waals surface area contributed by atoms with E-state index in [2.05, 4.69) is 5.32 Å². The predicted molar refractivity (Wildman–Crippen MR) is 66.4 cm³/mol. The van der Waals surface area contributed by atoms with Crippen molar-refractivity contribution in [3.63, 3.8) is 0 Å². The molecule has 0 spiro atoms. The van der Waals surface area contributed by atoms with Crippen LogP contribution in [0, 0.1) is 0 Å². The van der Waals surface area contributed by atoms with E-state index in [1.165, 1.54) is 0 Å². The second-order valence-corrected chi connectivity index (χ2v) is 6.95. The number of sulfonamides is 1. The number of methoxy groups -OCH3 is 1. The lowest BCUT2D eigenvalue weighted by molar-refractivity contribution is 0.134. The van der Waals surface area contributed by atoms with Gasteiger partial charge < -0.3 is 10.1 Å². The predicted octanol–water partition coefficient (Wildman–Crippen LogP) is 0.177. The molecule has 2 bridgehead atoms. The Labute approximate surface area is 104 Å². The third kappa shape index (κ3) is 2.81. The smallest absolute Gasteiger partial charge is 0.217 e. The first-order valence-corrected chi connectivity index (χ1v) is 7.90. The van der Waals surface area contributed by atoms with E-state index in [1.54, 1.807) is 18.3 Å². The SMILES string of the molecule is COC(C)CS(=O)(=O)N1C2CCNCC1CC2. The van der Waals surface area contributed by atoms with E-state index >= 15 is 0 Å². The van der Waals surface area contributed by atoms with Gasteiger partial charge in [0.05, 0.1) is 11.9 Å². The summed E-state index contributed by atoms with van der Waals surface area (Å²) in [6.45, 7) is 3.51. The summed E-state index contributed by atoms with van der Waals surface area (Å²) < 4.78 is 31.6. The maximum absolute atomic E-state index is 12.4. The molecule has 2 fully saturated rings. The summed E-state index contributed by atoms with van der Waals surface area (Å²) in [6.07, 6.45) is 2.68. The van der Waals surface area contributed by atoms with Crippen molar-refractivity contribution >= 4 is 10.0 Å². The Morgan fingerprint density at radius 1 is 1.35 bits per heavy atom. The fourth-order valence-corrected chi connectivity index (χ4v) is 5.04. The summed E-state index contributed by atoms with van der Waals surface area (Å²) in [5, 5.41) is 3.31. The Bertz CT molecular complexity index is 344. The summed E-state index contributed by atoms with van der Waals surface area (Å²) in [5.74, 6) is 0.0938. The molecule has 2 aliphatic rings. The van der Waals surface area contributed by atoms with Gasteiger partial charge in [-0.2, -0.15) is 4.31 Å². The van der Waals surface area contributed by atoms with E-state index in [0.29, 0.717) is 0 Å². The zero-order chi connectivity index (χ0) is 12.5. The van der Waals surface area contributed by atoms with Crippen molar-refractivity contribution in [3.8, 4) is 0 Å². The van der Waals surface area contributed by atoms with Gasteiger partial charge in [-0.3, -0.25) is 0 Å². The van der Waals surface area contributed by atoms with Crippen molar-refractivity contribution in [2.45, 2.75) is 44.4 Å². The van der Waals surface area contributed by atoms with Gasteiger partial charge in [-0.15, -0.1) is 0 Å².